The predicted octanol–water partition coefficient (Wildman–Crippen LogP) is 2.44. The van der Waals surface area contributed by atoms with Crippen molar-refractivity contribution in [2.24, 2.45) is 0 Å². The van der Waals surface area contributed by atoms with Crippen molar-refractivity contribution in [3.8, 4) is 0 Å². The molecule has 0 heterocycles. The maximum absolute atomic E-state index is 11.5. The Hall–Kier alpha value is -2.36. The van der Waals surface area contributed by atoms with Gasteiger partial charge in [-0.05, 0) is 15.6 Å². The van der Waals surface area contributed by atoms with Gasteiger partial charge in [-0.15, -0.1) is 11.6 Å². The van der Waals surface area contributed by atoms with E-state index in [1.165, 1.54) is 22.5 Å². The summed E-state index contributed by atoms with van der Waals surface area (Å²) in [5, 5.41) is 6.42. The molecule has 3 aromatic rings. The van der Waals surface area contributed by atoms with Crippen LogP contribution in [0.2, 0.25) is 0 Å². The van der Waals surface area contributed by atoms with E-state index in [0.29, 0.717) is 6.54 Å². The molecule has 1 N–H and O–H groups in total. The van der Waals surface area contributed by atoms with Gasteiger partial charge >= 0.3 is 0 Å². The average Bonchev–Trinajstić information content (AvgIpc) is 2.69. The first kappa shape index (κ1) is 18.4. The zero-order valence-corrected chi connectivity index (χ0v) is 16.5. The molecule has 3 aromatic carbocycles. The van der Waals surface area contributed by atoms with Gasteiger partial charge in [0.15, 0.2) is 8.07 Å². The predicted molar refractivity (Wildman–Crippen MR) is 112 cm³/mol. The minimum absolute atomic E-state index is 0.0623. The lowest BCUT2D eigenvalue weighted by Gasteiger charge is -2.37. The van der Waals surface area contributed by atoms with Crippen LogP contribution >= 0.6 is 11.6 Å². The number of rotatable bonds is 6. The van der Waals surface area contributed by atoms with Crippen LogP contribution in [0, 0.1) is 0 Å². The summed E-state index contributed by atoms with van der Waals surface area (Å²) in [4.78, 5) is 11.5. The summed E-state index contributed by atoms with van der Waals surface area (Å²) in [6.45, 7) is 1.96. The summed E-state index contributed by atoms with van der Waals surface area (Å²) < 4.78 is 0. The quantitative estimate of drug-likeness (QED) is 0.398. The summed E-state index contributed by atoms with van der Waals surface area (Å²) in [5.41, 5.74) is 0. The summed E-state index contributed by atoms with van der Waals surface area (Å²) in [6, 6.07) is 31.4. The molecule has 1 unspecified atom stereocenters. The molecule has 1 atom stereocenters. The Morgan fingerprint density at radius 3 is 1.46 bits per heavy atom. The summed E-state index contributed by atoms with van der Waals surface area (Å²) in [6.07, 6.45) is 0. The van der Waals surface area contributed by atoms with Crippen molar-refractivity contribution in [3.63, 3.8) is 0 Å². The van der Waals surface area contributed by atoms with Crippen LogP contribution in [0.15, 0.2) is 91.0 Å². The van der Waals surface area contributed by atoms with Crippen LogP contribution in [0.3, 0.4) is 0 Å². The lowest BCUT2D eigenvalue weighted by atomic mass is 10.3. The van der Waals surface area contributed by atoms with E-state index in [1.807, 2.05) is 18.2 Å². The van der Waals surface area contributed by atoms with Crippen molar-refractivity contribution < 1.29 is 4.79 Å². The molecule has 26 heavy (non-hydrogen) atoms. The first-order chi connectivity index (χ1) is 12.7. The first-order valence-corrected chi connectivity index (χ1v) is 11.2. The second kappa shape index (κ2) is 8.34. The summed E-state index contributed by atoms with van der Waals surface area (Å²) in [5.74, 6) is -0.0623. The number of halogens is 1. The minimum atomic E-state index is -2.54. The number of benzene rings is 3. The van der Waals surface area contributed by atoms with Crippen molar-refractivity contribution in [3.05, 3.63) is 91.0 Å². The highest BCUT2D eigenvalue weighted by molar-refractivity contribution is 7.15. The zero-order chi connectivity index (χ0) is 18.4. The fourth-order valence-corrected chi connectivity index (χ4v) is 9.39. The van der Waals surface area contributed by atoms with Crippen LogP contribution in [0.4, 0.5) is 0 Å². The van der Waals surface area contributed by atoms with Gasteiger partial charge in [-0.25, -0.2) is 0 Å². The third-order valence-electron chi connectivity index (χ3n) is 4.69. The van der Waals surface area contributed by atoms with Gasteiger partial charge in [0.1, 0.15) is 0 Å². The van der Waals surface area contributed by atoms with E-state index in [2.05, 4.69) is 78.1 Å². The number of nitrogens with one attached hydrogen (secondary N) is 1. The van der Waals surface area contributed by atoms with E-state index in [4.69, 9.17) is 11.6 Å². The Bertz CT molecular complexity index is 743. The van der Waals surface area contributed by atoms with E-state index in [-0.39, 0.29) is 10.9 Å². The van der Waals surface area contributed by atoms with Crippen LogP contribution in [0.25, 0.3) is 0 Å². The van der Waals surface area contributed by atoms with E-state index in [0.717, 1.165) is 0 Å². The highest BCUT2D eigenvalue weighted by atomic mass is 35.5. The smallest absolute Gasteiger partial charge is 0.216 e. The number of hydrogen-bond donors (Lipinski definition) is 1. The van der Waals surface area contributed by atoms with E-state index >= 15 is 0 Å². The van der Waals surface area contributed by atoms with Crippen LogP contribution < -0.4 is 20.9 Å². The van der Waals surface area contributed by atoms with Gasteiger partial charge in [-0.1, -0.05) is 91.0 Å². The fraction of sp³-hybridized carbons (Fsp3) is 0.136. The first-order valence-electron chi connectivity index (χ1n) is 8.70. The third-order valence-corrected chi connectivity index (χ3v) is 10.7. The van der Waals surface area contributed by atoms with Gasteiger partial charge in [0.05, 0.1) is 5.00 Å². The van der Waals surface area contributed by atoms with Gasteiger partial charge in [-0.3, -0.25) is 4.79 Å². The molecule has 0 saturated heterocycles. The van der Waals surface area contributed by atoms with Crippen molar-refractivity contribution in [1.29, 1.82) is 0 Å². The molecule has 4 heteroatoms. The van der Waals surface area contributed by atoms with Crippen LogP contribution in [0.1, 0.15) is 6.92 Å². The molecule has 0 aromatic heterocycles. The molecule has 1 amide bonds. The minimum Gasteiger partial charge on any atom is -0.355 e. The molecule has 0 aliphatic rings. The fourth-order valence-electron chi connectivity index (χ4n) is 3.53. The molecule has 0 radical (unpaired) electrons. The Kier molecular flexibility index (Phi) is 5.91. The molecule has 0 bridgehead atoms. The molecular weight excluding hydrogens is 358 g/mol. The van der Waals surface area contributed by atoms with Crippen molar-refractivity contribution >= 4 is 41.1 Å². The van der Waals surface area contributed by atoms with Gasteiger partial charge in [0.2, 0.25) is 5.91 Å². The molecule has 0 fully saturated rings. The number of hydrogen-bond acceptors (Lipinski definition) is 1. The monoisotopic (exact) mass is 379 g/mol. The van der Waals surface area contributed by atoms with Crippen LogP contribution in [0.5, 0.6) is 0 Å². The molecule has 0 aliphatic heterocycles. The maximum atomic E-state index is 11.5. The van der Waals surface area contributed by atoms with Crippen molar-refractivity contribution in [2.75, 3.05) is 6.54 Å². The molecular formula is C22H22ClNOSi. The van der Waals surface area contributed by atoms with Crippen molar-refractivity contribution in [2.45, 2.75) is 11.9 Å². The van der Waals surface area contributed by atoms with Gasteiger partial charge < -0.3 is 5.32 Å². The number of carbonyl (C=O) groups excluding carboxylic acids is 1. The summed E-state index contributed by atoms with van der Waals surface area (Å²) in [7, 11) is -2.54. The van der Waals surface area contributed by atoms with Gasteiger partial charge in [-0.2, -0.15) is 0 Å². The van der Waals surface area contributed by atoms with Gasteiger partial charge in [0.25, 0.3) is 0 Å². The lowest BCUT2D eigenvalue weighted by molar-refractivity contribution is -0.118. The maximum Gasteiger partial charge on any atom is 0.216 e. The second-order valence-corrected chi connectivity index (χ2v) is 11.2. The van der Waals surface area contributed by atoms with Crippen LogP contribution in [-0.4, -0.2) is 25.5 Å². The highest BCUT2D eigenvalue weighted by Gasteiger charge is 2.45. The Morgan fingerprint density at radius 1 is 0.808 bits per heavy atom. The van der Waals surface area contributed by atoms with E-state index in [1.54, 1.807) is 0 Å². The number of amides is 1. The number of alkyl halides is 1. The lowest BCUT2D eigenvalue weighted by Crippen LogP contribution is -2.74. The SMILES string of the molecule is CC(=O)NCC(Cl)[Si](c1ccccc1)(c1ccccc1)c1ccccc1. The molecule has 0 spiro atoms. The average molecular weight is 380 g/mol. The molecule has 2 nitrogen and oxygen atoms in total. The Labute approximate surface area is 160 Å². The highest BCUT2D eigenvalue weighted by Crippen LogP contribution is 2.17. The molecule has 0 saturated carbocycles. The van der Waals surface area contributed by atoms with E-state index < -0.39 is 8.07 Å². The largest absolute Gasteiger partial charge is 0.355 e. The van der Waals surface area contributed by atoms with Crippen molar-refractivity contribution in [1.82, 2.24) is 5.32 Å². The van der Waals surface area contributed by atoms with Crippen LogP contribution in [-0.2, 0) is 4.79 Å². The molecule has 3 rings (SSSR count). The Morgan fingerprint density at radius 2 is 1.15 bits per heavy atom. The van der Waals surface area contributed by atoms with E-state index in [9.17, 15) is 4.79 Å². The topological polar surface area (TPSA) is 29.1 Å². The zero-order valence-electron chi connectivity index (χ0n) is 14.7. The van der Waals surface area contributed by atoms with Gasteiger partial charge in [0, 0.05) is 13.5 Å². The third kappa shape index (κ3) is 3.59. The summed E-state index contributed by atoms with van der Waals surface area (Å²) >= 11 is 7.10. The normalized spacial score (nSPS) is 12.4. The molecule has 0 aliphatic carbocycles. The standard InChI is InChI=1S/C22H22ClNOSi/c1-18(25)24-17-22(23)26(19-11-5-2-6-12-19,20-13-7-3-8-14-20)21-15-9-4-10-16-21/h2-16,22H,17H2,1H3,(H,24,25). The Balaban J connectivity index is 2.26. The number of carbonyl (C=O) groups is 1. The second-order valence-electron chi connectivity index (χ2n) is 6.31. The molecule has 132 valence electrons.